The van der Waals surface area contributed by atoms with E-state index in [9.17, 15) is 0 Å². The van der Waals surface area contributed by atoms with Crippen LogP contribution in [-0.4, -0.2) is 27.9 Å². The van der Waals surface area contributed by atoms with E-state index in [4.69, 9.17) is 0 Å². The van der Waals surface area contributed by atoms with E-state index in [-0.39, 0.29) is 5.41 Å². The minimum Gasteiger partial charge on any atom is -0.316 e. The van der Waals surface area contributed by atoms with Crippen molar-refractivity contribution in [2.75, 3.05) is 13.1 Å². The summed E-state index contributed by atoms with van der Waals surface area (Å²) < 4.78 is 2.30. The van der Waals surface area contributed by atoms with Gasteiger partial charge in [0.25, 0.3) is 0 Å². The summed E-state index contributed by atoms with van der Waals surface area (Å²) in [6.45, 7) is 4.49. The molecule has 0 bridgehead atoms. The average Bonchev–Trinajstić information content (AvgIpc) is 2.97. The summed E-state index contributed by atoms with van der Waals surface area (Å²) >= 11 is 0. The summed E-state index contributed by atoms with van der Waals surface area (Å²) in [6, 6.07) is 0.689. The van der Waals surface area contributed by atoms with Crippen LogP contribution in [0.4, 0.5) is 0 Å². The Morgan fingerprint density at radius 2 is 2.40 bits per heavy atom. The van der Waals surface area contributed by atoms with Crippen LogP contribution in [0.25, 0.3) is 0 Å². The van der Waals surface area contributed by atoms with E-state index >= 15 is 0 Å². The topological polar surface area (TPSA) is 42.7 Å². The Kier molecular flexibility index (Phi) is 2.06. The third kappa shape index (κ3) is 1.57. The van der Waals surface area contributed by atoms with E-state index in [1.54, 1.807) is 0 Å². The van der Waals surface area contributed by atoms with Crippen LogP contribution in [-0.2, 0) is 5.41 Å². The second kappa shape index (κ2) is 3.30. The highest BCUT2D eigenvalue weighted by Crippen LogP contribution is 2.39. The molecule has 2 aliphatic rings. The zero-order valence-electron chi connectivity index (χ0n) is 9.24. The van der Waals surface area contributed by atoms with Crippen LogP contribution in [0.1, 0.15) is 44.5 Å². The molecule has 0 aromatic carbocycles. The predicted octanol–water partition coefficient (Wildman–Crippen LogP) is 1.25. The lowest BCUT2D eigenvalue weighted by Gasteiger charge is -2.33. The lowest BCUT2D eigenvalue weighted by molar-refractivity contribution is 0.312. The number of aromatic nitrogens is 3. The van der Waals surface area contributed by atoms with Gasteiger partial charge in [-0.2, -0.15) is 0 Å². The third-order valence-corrected chi connectivity index (χ3v) is 3.65. The number of hydrogen-bond donors (Lipinski definition) is 1. The Morgan fingerprint density at radius 1 is 1.53 bits per heavy atom. The average molecular weight is 206 g/mol. The lowest BCUT2D eigenvalue weighted by Crippen LogP contribution is -2.42. The maximum absolute atomic E-state index is 4.35. The molecule has 0 radical (unpaired) electrons. The van der Waals surface area contributed by atoms with Crippen LogP contribution < -0.4 is 5.32 Å². The Labute approximate surface area is 90.1 Å². The highest BCUT2D eigenvalue weighted by atomic mass is 15.3. The molecule has 2 fully saturated rings. The molecule has 2 heterocycles. The molecule has 1 N–H and O–H groups in total. The molecule has 0 spiro atoms. The Hall–Kier alpha value is -0.900. The second-order valence-electron chi connectivity index (χ2n) is 5.13. The molecule has 0 amide bonds. The normalized spacial score (nSPS) is 31.8. The summed E-state index contributed by atoms with van der Waals surface area (Å²) in [5.74, 6) is 1.19. The zero-order valence-corrected chi connectivity index (χ0v) is 9.24. The number of hydrogen-bond acceptors (Lipinski definition) is 3. The molecule has 1 saturated heterocycles. The van der Waals surface area contributed by atoms with Crippen molar-refractivity contribution < 1.29 is 0 Å². The van der Waals surface area contributed by atoms with E-state index in [0.717, 1.165) is 13.1 Å². The van der Waals surface area contributed by atoms with Crippen LogP contribution >= 0.6 is 0 Å². The van der Waals surface area contributed by atoms with Gasteiger partial charge in [-0.1, -0.05) is 6.92 Å². The van der Waals surface area contributed by atoms with Gasteiger partial charge in [-0.3, -0.25) is 0 Å². The van der Waals surface area contributed by atoms with E-state index < -0.39 is 0 Å². The van der Waals surface area contributed by atoms with Crippen LogP contribution in [0.3, 0.4) is 0 Å². The molecule has 1 atom stereocenters. The van der Waals surface area contributed by atoms with E-state index in [0.29, 0.717) is 6.04 Å². The first kappa shape index (κ1) is 9.33. The molecule has 4 heteroatoms. The van der Waals surface area contributed by atoms with Gasteiger partial charge in [-0.25, -0.2) is 0 Å². The highest BCUT2D eigenvalue weighted by Gasteiger charge is 2.37. The molecule has 1 aromatic heterocycles. The van der Waals surface area contributed by atoms with Gasteiger partial charge in [0, 0.05) is 18.0 Å². The van der Waals surface area contributed by atoms with Gasteiger partial charge >= 0.3 is 0 Å². The molecular weight excluding hydrogens is 188 g/mol. The summed E-state index contributed by atoms with van der Waals surface area (Å²) in [4.78, 5) is 0. The molecule has 1 aromatic rings. The molecule has 82 valence electrons. The van der Waals surface area contributed by atoms with Crippen LogP contribution in [0.15, 0.2) is 6.33 Å². The van der Waals surface area contributed by atoms with Gasteiger partial charge in [0.15, 0.2) is 0 Å². The smallest absolute Gasteiger partial charge is 0.140 e. The second-order valence-corrected chi connectivity index (χ2v) is 5.13. The van der Waals surface area contributed by atoms with Gasteiger partial charge < -0.3 is 9.88 Å². The van der Waals surface area contributed by atoms with Crippen LogP contribution in [0.2, 0.25) is 0 Å². The predicted molar refractivity (Wildman–Crippen MR) is 57.7 cm³/mol. The van der Waals surface area contributed by atoms with Crippen molar-refractivity contribution in [3.8, 4) is 0 Å². The maximum Gasteiger partial charge on any atom is 0.140 e. The minimum atomic E-state index is 0.192. The summed E-state index contributed by atoms with van der Waals surface area (Å²) in [5.41, 5.74) is 0.192. The largest absolute Gasteiger partial charge is 0.316 e. The maximum atomic E-state index is 4.35. The Morgan fingerprint density at radius 3 is 3.07 bits per heavy atom. The van der Waals surface area contributed by atoms with Gasteiger partial charge in [-0.05, 0) is 32.2 Å². The fourth-order valence-electron chi connectivity index (χ4n) is 2.54. The fraction of sp³-hybridized carbons (Fsp3) is 0.818. The summed E-state index contributed by atoms with van der Waals surface area (Å²) in [6.07, 6.45) is 6.98. The standard InChI is InChI=1S/C11H18N4/c1-11(5-2-6-12-7-11)10-14-13-8-15(10)9-3-4-9/h8-9,12H,2-7H2,1H3. The summed E-state index contributed by atoms with van der Waals surface area (Å²) in [7, 11) is 0. The number of nitrogens with zero attached hydrogens (tertiary/aromatic N) is 3. The first-order valence-corrected chi connectivity index (χ1v) is 5.90. The van der Waals surface area contributed by atoms with Gasteiger partial charge in [0.2, 0.25) is 0 Å². The van der Waals surface area contributed by atoms with Crippen molar-refractivity contribution in [3.05, 3.63) is 12.2 Å². The first-order chi connectivity index (χ1) is 7.30. The minimum absolute atomic E-state index is 0.192. The molecule has 1 aliphatic heterocycles. The molecule has 4 nitrogen and oxygen atoms in total. The van der Waals surface area contributed by atoms with Crippen molar-refractivity contribution in [2.45, 2.75) is 44.1 Å². The molecule has 1 saturated carbocycles. The van der Waals surface area contributed by atoms with Crippen molar-refractivity contribution >= 4 is 0 Å². The molecule has 15 heavy (non-hydrogen) atoms. The molecule has 1 aliphatic carbocycles. The van der Waals surface area contributed by atoms with Crippen molar-refractivity contribution in [2.24, 2.45) is 0 Å². The Balaban J connectivity index is 1.92. The van der Waals surface area contributed by atoms with Crippen molar-refractivity contribution in [1.29, 1.82) is 0 Å². The quantitative estimate of drug-likeness (QED) is 0.792. The fourth-order valence-corrected chi connectivity index (χ4v) is 2.54. The van der Waals surface area contributed by atoms with Gasteiger partial charge in [0.05, 0.1) is 0 Å². The zero-order chi connectivity index (χ0) is 10.3. The van der Waals surface area contributed by atoms with E-state index in [2.05, 4.69) is 27.0 Å². The highest BCUT2D eigenvalue weighted by molar-refractivity contribution is 5.11. The summed E-state index contributed by atoms with van der Waals surface area (Å²) in [5, 5.41) is 11.9. The van der Waals surface area contributed by atoms with Gasteiger partial charge in [-0.15, -0.1) is 10.2 Å². The Bertz CT molecular complexity index is 347. The molecule has 3 rings (SSSR count). The molecule has 1 unspecified atom stereocenters. The van der Waals surface area contributed by atoms with Crippen LogP contribution in [0, 0.1) is 0 Å². The van der Waals surface area contributed by atoms with E-state index in [1.807, 2.05) is 6.33 Å². The van der Waals surface area contributed by atoms with Gasteiger partial charge in [0.1, 0.15) is 12.2 Å². The first-order valence-electron chi connectivity index (χ1n) is 5.90. The van der Waals surface area contributed by atoms with E-state index in [1.165, 1.54) is 31.5 Å². The monoisotopic (exact) mass is 206 g/mol. The number of nitrogens with one attached hydrogen (secondary N) is 1. The molecular formula is C11H18N4. The number of rotatable bonds is 2. The third-order valence-electron chi connectivity index (χ3n) is 3.65. The number of piperidine rings is 1. The SMILES string of the molecule is CC1(c2nncn2C2CC2)CCCNC1. The lowest BCUT2D eigenvalue weighted by atomic mass is 9.82. The van der Waals surface area contributed by atoms with Crippen molar-refractivity contribution in [1.82, 2.24) is 20.1 Å². The van der Waals surface area contributed by atoms with Crippen molar-refractivity contribution in [3.63, 3.8) is 0 Å². The van der Waals surface area contributed by atoms with Crippen LogP contribution in [0.5, 0.6) is 0 Å².